The van der Waals surface area contributed by atoms with Crippen LogP contribution in [0.25, 0.3) is 5.69 Å². The van der Waals surface area contributed by atoms with Gasteiger partial charge >= 0.3 is 0 Å². The van der Waals surface area contributed by atoms with Crippen LogP contribution in [0.2, 0.25) is 0 Å². The smallest absolute Gasteiger partial charge is 0.271 e. The highest BCUT2D eigenvalue weighted by molar-refractivity contribution is 5.94. The summed E-state index contributed by atoms with van der Waals surface area (Å²) < 4.78 is 14.4. The maximum absolute atomic E-state index is 13.1. The molecule has 0 saturated carbocycles. The molecule has 142 valence electrons. The van der Waals surface area contributed by atoms with Crippen molar-refractivity contribution in [2.75, 3.05) is 31.1 Å². The Morgan fingerprint density at radius 1 is 0.857 bits per heavy atom. The van der Waals surface area contributed by atoms with Crippen LogP contribution in [-0.4, -0.2) is 46.8 Å². The van der Waals surface area contributed by atoms with Gasteiger partial charge in [-0.3, -0.25) is 9.59 Å². The Kier molecular flexibility index (Phi) is 4.89. The second-order valence-corrected chi connectivity index (χ2v) is 6.56. The SMILES string of the molecule is O=C(c1ccccc1)N1CCN(c2ccc(=O)n(-c3ccc(F)cc3)n2)CC1. The van der Waals surface area contributed by atoms with E-state index in [2.05, 4.69) is 5.10 Å². The van der Waals surface area contributed by atoms with Crippen LogP contribution in [0.15, 0.2) is 71.5 Å². The van der Waals surface area contributed by atoms with Gasteiger partial charge in [0.2, 0.25) is 0 Å². The van der Waals surface area contributed by atoms with Gasteiger partial charge in [-0.05, 0) is 42.5 Å². The first-order valence-electron chi connectivity index (χ1n) is 9.07. The van der Waals surface area contributed by atoms with Crippen molar-refractivity contribution in [3.8, 4) is 5.69 Å². The number of carbonyl (C=O) groups is 1. The summed E-state index contributed by atoms with van der Waals surface area (Å²) in [4.78, 5) is 28.6. The molecule has 2 aromatic carbocycles. The van der Waals surface area contributed by atoms with Gasteiger partial charge in [0.1, 0.15) is 11.6 Å². The first-order valence-corrected chi connectivity index (χ1v) is 9.07. The number of aromatic nitrogens is 2. The number of hydrogen-bond donors (Lipinski definition) is 0. The molecule has 1 fully saturated rings. The second-order valence-electron chi connectivity index (χ2n) is 6.56. The zero-order chi connectivity index (χ0) is 19.5. The lowest BCUT2D eigenvalue weighted by Gasteiger charge is -2.35. The van der Waals surface area contributed by atoms with E-state index in [9.17, 15) is 14.0 Å². The predicted molar refractivity (Wildman–Crippen MR) is 104 cm³/mol. The van der Waals surface area contributed by atoms with E-state index in [-0.39, 0.29) is 17.3 Å². The summed E-state index contributed by atoms with van der Waals surface area (Å²) in [5.74, 6) is 0.299. The molecule has 1 amide bonds. The minimum atomic E-state index is -0.368. The summed E-state index contributed by atoms with van der Waals surface area (Å²) in [6.07, 6.45) is 0. The Labute approximate surface area is 161 Å². The Hall–Kier alpha value is -3.48. The maximum Gasteiger partial charge on any atom is 0.271 e. The number of amides is 1. The Balaban J connectivity index is 1.49. The molecule has 4 rings (SSSR count). The molecule has 0 unspecified atom stereocenters. The molecule has 7 heteroatoms. The number of piperazine rings is 1. The normalized spacial score (nSPS) is 14.2. The molecule has 3 aromatic rings. The average molecular weight is 378 g/mol. The number of anilines is 1. The quantitative estimate of drug-likeness (QED) is 0.702. The summed E-state index contributed by atoms with van der Waals surface area (Å²) in [6, 6.07) is 18.0. The van der Waals surface area contributed by atoms with E-state index in [4.69, 9.17) is 0 Å². The molecule has 1 saturated heterocycles. The van der Waals surface area contributed by atoms with Crippen LogP contribution in [0.3, 0.4) is 0 Å². The van der Waals surface area contributed by atoms with Gasteiger partial charge in [0.05, 0.1) is 5.69 Å². The molecule has 0 N–H and O–H groups in total. The van der Waals surface area contributed by atoms with Gasteiger partial charge in [-0.1, -0.05) is 18.2 Å². The number of carbonyl (C=O) groups excluding carboxylic acids is 1. The van der Waals surface area contributed by atoms with Crippen LogP contribution < -0.4 is 10.5 Å². The van der Waals surface area contributed by atoms with Gasteiger partial charge in [0.25, 0.3) is 11.5 Å². The van der Waals surface area contributed by atoms with E-state index in [1.165, 1.54) is 35.0 Å². The largest absolute Gasteiger partial charge is 0.352 e. The van der Waals surface area contributed by atoms with Crippen molar-refractivity contribution in [2.24, 2.45) is 0 Å². The van der Waals surface area contributed by atoms with Gasteiger partial charge in [-0.25, -0.2) is 4.39 Å². The average Bonchev–Trinajstić information content (AvgIpc) is 2.75. The Morgan fingerprint density at radius 3 is 2.21 bits per heavy atom. The maximum atomic E-state index is 13.1. The summed E-state index contributed by atoms with van der Waals surface area (Å²) in [5.41, 5.74) is 0.901. The molecule has 28 heavy (non-hydrogen) atoms. The molecule has 0 atom stereocenters. The lowest BCUT2D eigenvalue weighted by atomic mass is 10.2. The number of nitrogens with zero attached hydrogens (tertiary/aromatic N) is 4. The summed E-state index contributed by atoms with van der Waals surface area (Å²) in [6.45, 7) is 2.39. The molecule has 0 bridgehead atoms. The van der Waals surface area contributed by atoms with Crippen molar-refractivity contribution in [2.45, 2.75) is 0 Å². The van der Waals surface area contributed by atoms with Crippen LogP contribution in [0.5, 0.6) is 0 Å². The van der Waals surface area contributed by atoms with E-state index in [0.717, 1.165) is 0 Å². The third-order valence-corrected chi connectivity index (χ3v) is 4.77. The van der Waals surface area contributed by atoms with Crippen LogP contribution in [-0.2, 0) is 0 Å². The van der Waals surface area contributed by atoms with E-state index < -0.39 is 0 Å². The molecule has 6 nitrogen and oxygen atoms in total. The highest BCUT2D eigenvalue weighted by Gasteiger charge is 2.23. The first kappa shape index (κ1) is 17.9. The number of benzene rings is 2. The number of hydrogen-bond acceptors (Lipinski definition) is 4. The van der Waals surface area contributed by atoms with Crippen molar-refractivity contribution < 1.29 is 9.18 Å². The number of rotatable bonds is 3. The lowest BCUT2D eigenvalue weighted by Crippen LogP contribution is -2.49. The zero-order valence-corrected chi connectivity index (χ0v) is 15.2. The van der Waals surface area contributed by atoms with Crippen molar-refractivity contribution in [3.63, 3.8) is 0 Å². The predicted octanol–water partition coefficient (Wildman–Crippen LogP) is 2.33. The summed E-state index contributed by atoms with van der Waals surface area (Å²) >= 11 is 0. The fourth-order valence-electron chi connectivity index (χ4n) is 3.24. The third-order valence-electron chi connectivity index (χ3n) is 4.77. The van der Waals surface area contributed by atoms with Gasteiger partial charge < -0.3 is 9.80 Å². The Bertz CT molecular complexity index is 1030. The first-order chi connectivity index (χ1) is 13.6. The lowest BCUT2D eigenvalue weighted by molar-refractivity contribution is 0.0746. The molecule has 0 radical (unpaired) electrons. The van der Waals surface area contributed by atoms with E-state index >= 15 is 0 Å². The van der Waals surface area contributed by atoms with Crippen LogP contribution in [0.1, 0.15) is 10.4 Å². The van der Waals surface area contributed by atoms with Gasteiger partial charge in [0.15, 0.2) is 0 Å². The summed E-state index contributed by atoms with van der Waals surface area (Å²) in [5, 5.41) is 4.43. The minimum Gasteiger partial charge on any atom is -0.352 e. The van der Waals surface area contributed by atoms with E-state index in [0.29, 0.717) is 43.2 Å². The third kappa shape index (κ3) is 3.64. The van der Waals surface area contributed by atoms with Crippen molar-refractivity contribution in [1.82, 2.24) is 14.7 Å². The fourth-order valence-corrected chi connectivity index (χ4v) is 3.24. The fraction of sp³-hybridized carbons (Fsp3) is 0.190. The zero-order valence-electron chi connectivity index (χ0n) is 15.2. The molecule has 1 aliphatic rings. The second kappa shape index (κ2) is 7.64. The molecular weight excluding hydrogens is 359 g/mol. The Morgan fingerprint density at radius 2 is 1.54 bits per heavy atom. The standard InChI is InChI=1S/C21H19FN4O2/c22-17-6-8-18(9-7-17)26-20(27)11-10-19(23-26)24-12-14-25(15-13-24)21(28)16-4-2-1-3-5-16/h1-11H,12-15H2. The van der Waals surface area contributed by atoms with Gasteiger partial charge in [-0.15, -0.1) is 5.10 Å². The summed E-state index contributed by atoms with van der Waals surface area (Å²) in [7, 11) is 0. The van der Waals surface area contributed by atoms with Crippen molar-refractivity contribution >= 4 is 11.7 Å². The molecule has 0 spiro atoms. The molecule has 2 heterocycles. The molecular formula is C21H19FN4O2. The molecule has 1 aliphatic heterocycles. The topological polar surface area (TPSA) is 58.4 Å². The van der Waals surface area contributed by atoms with E-state index in [1.807, 2.05) is 40.1 Å². The molecule has 1 aromatic heterocycles. The highest BCUT2D eigenvalue weighted by Crippen LogP contribution is 2.15. The van der Waals surface area contributed by atoms with Crippen molar-refractivity contribution in [3.05, 3.63) is 88.5 Å². The monoisotopic (exact) mass is 378 g/mol. The minimum absolute atomic E-state index is 0.0180. The highest BCUT2D eigenvalue weighted by atomic mass is 19.1. The number of halogens is 1. The van der Waals surface area contributed by atoms with Crippen molar-refractivity contribution in [1.29, 1.82) is 0 Å². The van der Waals surface area contributed by atoms with Crippen LogP contribution >= 0.6 is 0 Å². The van der Waals surface area contributed by atoms with Crippen LogP contribution in [0, 0.1) is 5.82 Å². The van der Waals surface area contributed by atoms with Gasteiger partial charge in [-0.2, -0.15) is 4.68 Å². The van der Waals surface area contributed by atoms with Crippen LogP contribution in [0.4, 0.5) is 10.2 Å². The van der Waals surface area contributed by atoms with Gasteiger partial charge in [0, 0.05) is 37.8 Å². The molecule has 0 aliphatic carbocycles. The van der Waals surface area contributed by atoms with E-state index in [1.54, 1.807) is 6.07 Å².